The highest BCUT2D eigenvalue weighted by Crippen LogP contribution is 2.34. The van der Waals surface area contributed by atoms with E-state index < -0.39 is 23.5 Å². The molecule has 0 atom stereocenters. The molecule has 4 nitrogen and oxygen atoms in total. The van der Waals surface area contributed by atoms with Crippen molar-refractivity contribution in [1.82, 2.24) is 9.55 Å². The van der Waals surface area contributed by atoms with Crippen molar-refractivity contribution in [2.24, 2.45) is 0 Å². The maximum atomic E-state index is 13.3. The van der Waals surface area contributed by atoms with E-state index in [4.69, 9.17) is 0 Å². The van der Waals surface area contributed by atoms with Crippen LogP contribution in [0.15, 0.2) is 66.7 Å². The maximum absolute atomic E-state index is 13.3. The molecule has 0 aliphatic carbocycles. The van der Waals surface area contributed by atoms with Crippen molar-refractivity contribution in [1.29, 1.82) is 0 Å². The SMILES string of the molecule is O=C(O)c1cccc(-n2c(-c3ccc(F)cc3)nc3cc(C(F)(F)F)ccc32)c1. The number of nitrogens with zero attached hydrogens (tertiary/aromatic N) is 2. The van der Waals surface area contributed by atoms with Gasteiger partial charge in [0, 0.05) is 11.3 Å². The second-order valence-electron chi connectivity index (χ2n) is 6.33. The van der Waals surface area contributed by atoms with Crippen LogP contribution in [0, 0.1) is 5.82 Å². The van der Waals surface area contributed by atoms with Gasteiger partial charge in [0.05, 0.1) is 22.2 Å². The minimum absolute atomic E-state index is 0.0151. The highest BCUT2D eigenvalue weighted by atomic mass is 19.4. The number of aromatic nitrogens is 2. The van der Waals surface area contributed by atoms with Crippen molar-refractivity contribution in [3.8, 4) is 17.1 Å². The van der Waals surface area contributed by atoms with Crippen molar-refractivity contribution in [2.75, 3.05) is 0 Å². The van der Waals surface area contributed by atoms with E-state index in [1.165, 1.54) is 48.5 Å². The predicted octanol–water partition coefficient (Wildman–Crippen LogP) is 5.55. The summed E-state index contributed by atoms with van der Waals surface area (Å²) in [5.41, 5.74) is 0.490. The van der Waals surface area contributed by atoms with Crippen LogP contribution in [-0.4, -0.2) is 20.6 Å². The summed E-state index contributed by atoms with van der Waals surface area (Å²) in [5, 5.41) is 9.27. The monoisotopic (exact) mass is 400 g/mol. The molecule has 0 unspecified atom stereocenters. The van der Waals surface area contributed by atoms with Gasteiger partial charge in [0.25, 0.3) is 0 Å². The van der Waals surface area contributed by atoms with Gasteiger partial charge in [-0.15, -0.1) is 0 Å². The lowest BCUT2D eigenvalue weighted by Gasteiger charge is -2.11. The molecule has 146 valence electrons. The molecule has 1 heterocycles. The molecule has 0 radical (unpaired) electrons. The lowest BCUT2D eigenvalue weighted by Crippen LogP contribution is -2.04. The summed E-state index contributed by atoms with van der Waals surface area (Å²) in [5.74, 6) is -1.34. The fraction of sp³-hybridized carbons (Fsp3) is 0.0476. The summed E-state index contributed by atoms with van der Waals surface area (Å²) in [4.78, 5) is 15.7. The molecule has 0 saturated carbocycles. The number of carbonyl (C=O) groups is 1. The third-order valence-electron chi connectivity index (χ3n) is 4.44. The molecule has 1 N–H and O–H groups in total. The summed E-state index contributed by atoms with van der Waals surface area (Å²) in [6.45, 7) is 0. The van der Waals surface area contributed by atoms with Crippen molar-refractivity contribution in [3.63, 3.8) is 0 Å². The molecule has 0 bridgehead atoms. The first-order valence-corrected chi connectivity index (χ1v) is 8.43. The fourth-order valence-corrected chi connectivity index (χ4v) is 3.09. The first kappa shape index (κ1) is 18.7. The van der Waals surface area contributed by atoms with Crippen LogP contribution in [0.25, 0.3) is 28.1 Å². The Morgan fingerprint density at radius 3 is 2.34 bits per heavy atom. The van der Waals surface area contributed by atoms with Gasteiger partial charge in [-0.3, -0.25) is 4.57 Å². The van der Waals surface area contributed by atoms with Gasteiger partial charge >= 0.3 is 12.1 Å². The number of benzene rings is 3. The third kappa shape index (κ3) is 3.44. The molecule has 0 saturated heterocycles. The number of aromatic carboxylic acids is 1. The number of hydrogen-bond donors (Lipinski definition) is 1. The largest absolute Gasteiger partial charge is 0.478 e. The number of hydrogen-bond acceptors (Lipinski definition) is 2. The minimum Gasteiger partial charge on any atom is -0.478 e. The number of rotatable bonds is 3. The van der Waals surface area contributed by atoms with Crippen LogP contribution < -0.4 is 0 Å². The minimum atomic E-state index is -4.53. The van der Waals surface area contributed by atoms with Crippen molar-refractivity contribution >= 4 is 17.0 Å². The van der Waals surface area contributed by atoms with E-state index in [1.54, 1.807) is 10.6 Å². The van der Waals surface area contributed by atoms with Gasteiger partial charge in [0.2, 0.25) is 0 Å². The standard InChI is InChI=1S/C21H12F4N2O2/c22-15-7-4-12(5-8-15)19-26-17-11-14(21(23,24)25)6-9-18(17)27(19)16-3-1-2-13(10-16)20(28)29/h1-11H,(H,28,29). The molecule has 4 rings (SSSR count). The average molecular weight is 400 g/mol. The quantitative estimate of drug-likeness (QED) is 0.459. The molecular weight excluding hydrogens is 388 g/mol. The highest BCUT2D eigenvalue weighted by Gasteiger charge is 2.31. The maximum Gasteiger partial charge on any atom is 0.416 e. The van der Waals surface area contributed by atoms with Gasteiger partial charge in [-0.1, -0.05) is 6.07 Å². The highest BCUT2D eigenvalue weighted by molar-refractivity contribution is 5.89. The topological polar surface area (TPSA) is 55.1 Å². The zero-order chi connectivity index (χ0) is 20.8. The van der Waals surface area contributed by atoms with E-state index in [1.807, 2.05) is 0 Å². The summed E-state index contributed by atoms with van der Waals surface area (Å²) in [6.07, 6.45) is -4.53. The Kier molecular flexibility index (Phi) is 4.34. The first-order chi connectivity index (χ1) is 13.7. The van der Waals surface area contributed by atoms with Gasteiger partial charge in [-0.25, -0.2) is 14.2 Å². The van der Waals surface area contributed by atoms with Crippen LogP contribution in [0.5, 0.6) is 0 Å². The van der Waals surface area contributed by atoms with Crippen LogP contribution in [0.4, 0.5) is 17.6 Å². The van der Waals surface area contributed by atoms with Crippen molar-refractivity contribution in [3.05, 3.63) is 83.7 Å². The zero-order valence-corrected chi connectivity index (χ0v) is 14.6. The van der Waals surface area contributed by atoms with Gasteiger partial charge < -0.3 is 5.11 Å². The number of alkyl halides is 3. The van der Waals surface area contributed by atoms with Gasteiger partial charge in [-0.05, 0) is 60.7 Å². The Hall–Kier alpha value is -3.68. The molecule has 0 aliphatic heterocycles. The van der Waals surface area contributed by atoms with E-state index >= 15 is 0 Å². The molecule has 8 heteroatoms. The fourth-order valence-electron chi connectivity index (χ4n) is 3.09. The Morgan fingerprint density at radius 2 is 1.69 bits per heavy atom. The van der Waals surface area contributed by atoms with Crippen molar-refractivity contribution in [2.45, 2.75) is 6.18 Å². The molecular formula is C21H12F4N2O2. The molecule has 0 spiro atoms. The Bertz CT molecular complexity index is 1230. The molecule has 3 aromatic carbocycles. The second-order valence-corrected chi connectivity index (χ2v) is 6.33. The third-order valence-corrected chi connectivity index (χ3v) is 4.44. The van der Waals surface area contributed by atoms with Gasteiger partial charge in [-0.2, -0.15) is 13.2 Å². The van der Waals surface area contributed by atoms with E-state index in [9.17, 15) is 27.5 Å². The van der Waals surface area contributed by atoms with Crippen LogP contribution in [0.3, 0.4) is 0 Å². The molecule has 0 amide bonds. The summed E-state index contributed by atoms with van der Waals surface area (Å²) in [6, 6.07) is 14.5. The number of imidazole rings is 1. The molecule has 0 aliphatic rings. The van der Waals surface area contributed by atoms with Gasteiger partial charge in [0.15, 0.2) is 0 Å². The van der Waals surface area contributed by atoms with Crippen LogP contribution in [0.1, 0.15) is 15.9 Å². The number of fused-ring (bicyclic) bond motifs is 1. The van der Waals surface area contributed by atoms with Crippen LogP contribution in [-0.2, 0) is 6.18 Å². The van der Waals surface area contributed by atoms with Gasteiger partial charge in [0.1, 0.15) is 11.6 Å². The summed E-state index contributed by atoms with van der Waals surface area (Å²) >= 11 is 0. The molecule has 4 aromatic rings. The summed E-state index contributed by atoms with van der Waals surface area (Å²) < 4.78 is 54.2. The normalized spacial score (nSPS) is 11.7. The lowest BCUT2D eigenvalue weighted by atomic mass is 10.1. The van der Waals surface area contributed by atoms with Crippen LogP contribution >= 0.6 is 0 Å². The van der Waals surface area contributed by atoms with E-state index in [0.717, 1.165) is 12.1 Å². The Morgan fingerprint density at radius 1 is 0.966 bits per heavy atom. The molecule has 0 fully saturated rings. The van der Waals surface area contributed by atoms with E-state index in [0.29, 0.717) is 16.8 Å². The Balaban J connectivity index is 2.02. The van der Waals surface area contributed by atoms with E-state index in [2.05, 4.69) is 4.98 Å². The van der Waals surface area contributed by atoms with Crippen LogP contribution in [0.2, 0.25) is 0 Å². The molecule has 29 heavy (non-hydrogen) atoms. The number of halogens is 4. The van der Waals surface area contributed by atoms with Crippen molar-refractivity contribution < 1.29 is 27.5 Å². The Labute approximate surface area is 161 Å². The number of carboxylic acid groups (broad SMARTS) is 1. The number of carboxylic acids is 1. The summed E-state index contributed by atoms with van der Waals surface area (Å²) in [7, 11) is 0. The molecule has 1 aromatic heterocycles. The predicted molar refractivity (Wildman–Crippen MR) is 98.4 cm³/mol. The first-order valence-electron chi connectivity index (χ1n) is 8.43. The smallest absolute Gasteiger partial charge is 0.416 e. The zero-order valence-electron chi connectivity index (χ0n) is 14.6. The van der Waals surface area contributed by atoms with E-state index in [-0.39, 0.29) is 16.9 Å². The lowest BCUT2D eigenvalue weighted by molar-refractivity contribution is -0.137. The second kappa shape index (κ2) is 6.73. The average Bonchev–Trinajstić information content (AvgIpc) is 3.06.